The number of carbonyl (C=O) groups is 3. The molecule has 45 heavy (non-hydrogen) atoms. The summed E-state index contributed by atoms with van der Waals surface area (Å²) in [4.78, 5) is 48.8. The molecule has 2 aliphatic rings. The van der Waals surface area contributed by atoms with Crippen molar-refractivity contribution in [1.82, 2.24) is 30.1 Å². The average molecular weight is 630 g/mol. The lowest BCUT2D eigenvalue weighted by molar-refractivity contribution is -0.157. The lowest BCUT2D eigenvalue weighted by Gasteiger charge is -2.46. The van der Waals surface area contributed by atoms with Gasteiger partial charge in [0.25, 0.3) is 0 Å². The molecule has 1 aromatic heterocycles. The van der Waals surface area contributed by atoms with Crippen LogP contribution < -0.4 is 11.1 Å². The zero-order chi connectivity index (χ0) is 31.7. The number of hydrogen-bond acceptors (Lipinski definition) is 8. The Balaban J connectivity index is 1.33. The van der Waals surface area contributed by atoms with Gasteiger partial charge in [-0.1, -0.05) is 65.9 Å². The van der Waals surface area contributed by atoms with Crippen LogP contribution in [0, 0.1) is 5.82 Å². The van der Waals surface area contributed by atoms with E-state index < -0.39 is 24.1 Å². The zero-order valence-corrected chi connectivity index (χ0v) is 25.1. The van der Waals surface area contributed by atoms with Crippen molar-refractivity contribution in [1.29, 1.82) is 0 Å². The maximum Gasteiger partial charge on any atom is 0.332 e. The number of nitrogens with zero attached hydrogens (tertiary/aromatic N) is 5. The first-order valence-corrected chi connectivity index (χ1v) is 15.2. The molecule has 2 saturated heterocycles. The van der Waals surface area contributed by atoms with E-state index in [1.807, 2.05) is 30.3 Å². The number of hydrazine groups is 1. The summed E-state index contributed by atoms with van der Waals surface area (Å²) < 4.78 is 14.9. The van der Waals surface area contributed by atoms with Gasteiger partial charge in [0.05, 0.1) is 29.9 Å². The molecule has 11 nitrogen and oxygen atoms in total. The number of nitrogens with two attached hydrogens (primary N) is 1. The van der Waals surface area contributed by atoms with Crippen molar-refractivity contribution in [3.05, 3.63) is 102 Å². The molecule has 0 radical (unpaired) electrons. The molecule has 0 saturated carbocycles. The minimum absolute atomic E-state index is 0.0843. The maximum absolute atomic E-state index is 14.6. The number of aromatic hydroxyl groups is 1. The van der Waals surface area contributed by atoms with E-state index >= 15 is 0 Å². The van der Waals surface area contributed by atoms with Crippen LogP contribution in [-0.4, -0.2) is 79.6 Å². The van der Waals surface area contributed by atoms with Crippen molar-refractivity contribution in [2.24, 2.45) is 0 Å². The van der Waals surface area contributed by atoms with Crippen LogP contribution in [0.1, 0.15) is 16.7 Å². The quantitative estimate of drug-likeness (QED) is 0.242. The Morgan fingerprint density at radius 3 is 2.62 bits per heavy atom. The van der Waals surface area contributed by atoms with Crippen LogP contribution in [0.25, 0.3) is 10.2 Å². The Hall–Kier alpha value is -5.01. The fourth-order valence-corrected chi connectivity index (χ4v) is 6.70. The highest BCUT2D eigenvalue weighted by molar-refractivity contribution is 7.22. The maximum atomic E-state index is 14.6. The number of aromatic nitrogens is 1. The van der Waals surface area contributed by atoms with E-state index in [1.54, 1.807) is 39.1 Å². The zero-order valence-electron chi connectivity index (χ0n) is 24.3. The molecule has 2 atom stereocenters. The highest BCUT2D eigenvalue weighted by Crippen LogP contribution is 2.33. The molecule has 13 heteroatoms. The third kappa shape index (κ3) is 6.04. The number of amides is 4. The van der Waals surface area contributed by atoms with Gasteiger partial charge < -0.3 is 26.0 Å². The molecule has 0 bridgehead atoms. The Bertz CT molecular complexity index is 1750. The number of anilines is 1. The lowest BCUT2D eigenvalue weighted by atomic mass is 9.99. The number of nitrogens with one attached hydrogen (secondary N) is 1. The molecule has 3 aromatic carbocycles. The summed E-state index contributed by atoms with van der Waals surface area (Å²) in [5.41, 5.74) is 8.57. The van der Waals surface area contributed by atoms with E-state index in [2.05, 4.69) is 16.9 Å². The molecule has 4 amide bonds. The summed E-state index contributed by atoms with van der Waals surface area (Å²) in [6.45, 7) is 4.30. The standard InChI is InChI=1S/C32H32FN7O4S/c1-2-14-38(32(44)35-16-21-6-4-3-5-7-21)39-19-27(42)40-25(15-20-8-11-23(41)12-9-20)30(43)37(18-26(39)40)17-22-10-13-24(33)29-28(22)36-31(34)45-29/h2-13,25-26,41H,1,14-19H2,(H2,34,36)(H,35,44)/t25-,26-/m0/s1. The Morgan fingerprint density at radius 2 is 1.89 bits per heavy atom. The summed E-state index contributed by atoms with van der Waals surface area (Å²) in [5, 5.41) is 16.1. The molecule has 232 valence electrons. The first-order valence-electron chi connectivity index (χ1n) is 14.4. The van der Waals surface area contributed by atoms with Gasteiger partial charge >= 0.3 is 6.03 Å². The summed E-state index contributed by atoms with van der Waals surface area (Å²) >= 11 is 1.04. The van der Waals surface area contributed by atoms with Gasteiger partial charge in [-0.25, -0.2) is 14.2 Å². The molecule has 3 heterocycles. The van der Waals surface area contributed by atoms with Gasteiger partial charge in [-0.15, -0.1) is 6.58 Å². The summed E-state index contributed by atoms with van der Waals surface area (Å²) in [6.07, 6.45) is 1.10. The number of fused-ring (bicyclic) bond motifs is 2. The highest BCUT2D eigenvalue weighted by atomic mass is 32.1. The molecule has 0 unspecified atom stereocenters. The van der Waals surface area contributed by atoms with Gasteiger partial charge in [0, 0.05) is 19.5 Å². The molecular weight excluding hydrogens is 597 g/mol. The minimum atomic E-state index is -0.889. The molecule has 2 aliphatic heterocycles. The van der Waals surface area contributed by atoms with Gasteiger partial charge in [-0.2, -0.15) is 5.01 Å². The predicted octanol–water partition coefficient (Wildman–Crippen LogP) is 3.46. The number of nitrogen functional groups attached to an aromatic ring is 1. The largest absolute Gasteiger partial charge is 0.508 e. The topological polar surface area (TPSA) is 135 Å². The monoisotopic (exact) mass is 629 g/mol. The predicted molar refractivity (Wildman–Crippen MR) is 168 cm³/mol. The average Bonchev–Trinajstić information content (AvgIpc) is 3.59. The van der Waals surface area contributed by atoms with Crippen LogP contribution in [0.4, 0.5) is 14.3 Å². The Kier molecular flexibility index (Phi) is 8.37. The normalized spacial score (nSPS) is 18.3. The van der Waals surface area contributed by atoms with E-state index in [0.717, 1.165) is 22.5 Å². The van der Waals surface area contributed by atoms with Gasteiger partial charge in [0.2, 0.25) is 11.8 Å². The number of piperazine rings is 1. The fraction of sp³-hybridized carbons (Fsp3) is 0.250. The third-order valence-electron chi connectivity index (χ3n) is 8.02. The number of halogens is 1. The van der Waals surface area contributed by atoms with Gasteiger partial charge in [-0.05, 0) is 34.9 Å². The first kappa shape index (κ1) is 30.0. The van der Waals surface area contributed by atoms with Crippen molar-refractivity contribution >= 4 is 44.5 Å². The van der Waals surface area contributed by atoms with Gasteiger partial charge in [0.15, 0.2) is 5.13 Å². The smallest absolute Gasteiger partial charge is 0.332 e. The van der Waals surface area contributed by atoms with Crippen molar-refractivity contribution in [2.75, 3.05) is 25.4 Å². The van der Waals surface area contributed by atoms with Crippen LogP contribution in [0.3, 0.4) is 0 Å². The second-order valence-corrected chi connectivity index (χ2v) is 12.0. The second kappa shape index (κ2) is 12.5. The van der Waals surface area contributed by atoms with Gasteiger partial charge in [0.1, 0.15) is 23.8 Å². The third-order valence-corrected chi connectivity index (χ3v) is 8.91. The van der Waals surface area contributed by atoms with Crippen LogP contribution in [0.15, 0.2) is 79.4 Å². The van der Waals surface area contributed by atoms with Crippen LogP contribution in [0.2, 0.25) is 0 Å². The number of benzene rings is 3. The van der Waals surface area contributed by atoms with Crippen molar-refractivity contribution < 1.29 is 23.9 Å². The Morgan fingerprint density at radius 1 is 1.13 bits per heavy atom. The molecule has 4 N–H and O–H groups in total. The molecule has 0 spiro atoms. The van der Waals surface area contributed by atoms with E-state index in [-0.39, 0.29) is 61.8 Å². The van der Waals surface area contributed by atoms with E-state index in [0.29, 0.717) is 15.8 Å². The van der Waals surface area contributed by atoms with E-state index in [9.17, 15) is 23.9 Å². The number of phenols is 1. The van der Waals surface area contributed by atoms with Crippen LogP contribution in [0.5, 0.6) is 5.75 Å². The number of urea groups is 1. The molecular formula is C32H32FN7O4S. The van der Waals surface area contributed by atoms with E-state index in [1.165, 1.54) is 23.2 Å². The number of phenolic OH excluding ortho intramolecular Hbond substituents is 1. The second-order valence-electron chi connectivity index (χ2n) is 10.9. The van der Waals surface area contributed by atoms with Crippen LogP contribution >= 0.6 is 11.3 Å². The fourth-order valence-electron chi connectivity index (χ4n) is 5.91. The molecule has 6 rings (SSSR count). The molecule has 2 fully saturated rings. The van der Waals surface area contributed by atoms with E-state index in [4.69, 9.17) is 5.73 Å². The summed E-state index contributed by atoms with van der Waals surface area (Å²) in [5.74, 6) is -0.948. The number of carbonyl (C=O) groups excluding carboxylic acids is 3. The SMILES string of the molecule is C=CCN(C(=O)NCc1ccccc1)N1CC(=O)N2[C@H]1CN(Cc1ccc(F)c3sc(N)nc13)C(=O)[C@@H]2Cc1ccc(O)cc1. The van der Waals surface area contributed by atoms with Crippen molar-refractivity contribution in [2.45, 2.75) is 31.7 Å². The number of rotatable bonds is 9. The Labute approximate surface area is 262 Å². The van der Waals surface area contributed by atoms with Crippen molar-refractivity contribution in [3.63, 3.8) is 0 Å². The number of thiazole rings is 1. The highest BCUT2D eigenvalue weighted by Gasteiger charge is 2.52. The first-order chi connectivity index (χ1) is 21.7. The molecule has 0 aliphatic carbocycles. The summed E-state index contributed by atoms with van der Waals surface area (Å²) in [7, 11) is 0. The molecule has 4 aromatic rings. The lowest BCUT2D eigenvalue weighted by Crippen LogP contribution is -2.66. The van der Waals surface area contributed by atoms with Gasteiger partial charge in [-0.3, -0.25) is 14.6 Å². The minimum Gasteiger partial charge on any atom is -0.508 e. The number of hydrogen-bond donors (Lipinski definition) is 3. The van der Waals surface area contributed by atoms with Crippen molar-refractivity contribution in [3.8, 4) is 5.75 Å². The summed E-state index contributed by atoms with van der Waals surface area (Å²) in [6, 6.07) is 17.6. The van der Waals surface area contributed by atoms with Crippen LogP contribution in [-0.2, 0) is 29.1 Å².